The van der Waals surface area contributed by atoms with Gasteiger partial charge in [0.25, 0.3) is 0 Å². The number of rotatable bonds is 3. The number of hydrogen-bond acceptors (Lipinski definition) is 2. The standard InChI is InChI=1S/C14H16N2O2/c1-9-4-5-12(10(2)6-9)14-15-8-11(16(14)3)7-13(17)18/h4-6,8H,7H2,1-3H3,(H,17,18). The molecular weight excluding hydrogens is 228 g/mol. The van der Waals surface area contributed by atoms with Crippen molar-refractivity contribution >= 4 is 5.97 Å². The Labute approximate surface area is 106 Å². The van der Waals surface area contributed by atoms with Crippen molar-refractivity contribution in [1.29, 1.82) is 0 Å². The van der Waals surface area contributed by atoms with Crippen LogP contribution in [0.5, 0.6) is 0 Å². The fourth-order valence-electron chi connectivity index (χ4n) is 2.08. The highest BCUT2D eigenvalue weighted by Crippen LogP contribution is 2.23. The third-order valence-corrected chi connectivity index (χ3v) is 3.04. The number of benzene rings is 1. The van der Waals surface area contributed by atoms with E-state index < -0.39 is 5.97 Å². The molecule has 0 aliphatic rings. The monoisotopic (exact) mass is 244 g/mol. The number of aliphatic carboxylic acids is 1. The molecular formula is C14H16N2O2. The molecule has 2 aromatic rings. The van der Waals surface area contributed by atoms with E-state index in [0.717, 1.165) is 17.0 Å². The van der Waals surface area contributed by atoms with Crippen molar-refractivity contribution in [2.75, 3.05) is 0 Å². The number of imidazole rings is 1. The predicted molar refractivity (Wildman–Crippen MR) is 69.5 cm³/mol. The Morgan fingerprint density at radius 2 is 2.11 bits per heavy atom. The molecule has 0 bridgehead atoms. The van der Waals surface area contributed by atoms with E-state index >= 15 is 0 Å². The first-order valence-electron chi connectivity index (χ1n) is 5.79. The first kappa shape index (κ1) is 12.4. The lowest BCUT2D eigenvalue weighted by molar-refractivity contribution is -0.136. The molecule has 1 aromatic heterocycles. The Morgan fingerprint density at radius 1 is 1.39 bits per heavy atom. The topological polar surface area (TPSA) is 55.1 Å². The van der Waals surface area contributed by atoms with E-state index in [0.29, 0.717) is 5.69 Å². The zero-order chi connectivity index (χ0) is 13.3. The molecule has 0 saturated heterocycles. The molecule has 0 saturated carbocycles. The van der Waals surface area contributed by atoms with Gasteiger partial charge in [-0.05, 0) is 19.4 Å². The largest absolute Gasteiger partial charge is 0.481 e. The summed E-state index contributed by atoms with van der Waals surface area (Å²) in [5.74, 6) is -0.0334. The van der Waals surface area contributed by atoms with Crippen molar-refractivity contribution < 1.29 is 9.90 Å². The van der Waals surface area contributed by atoms with Crippen LogP contribution in [-0.4, -0.2) is 20.6 Å². The molecule has 1 aromatic carbocycles. The van der Waals surface area contributed by atoms with E-state index in [-0.39, 0.29) is 6.42 Å². The lowest BCUT2D eigenvalue weighted by Gasteiger charge is -2.08. The smallest absolute Gasteiger partial charge is 0.309 e. The number of nitrogens with zero attached hydrogens (tertiary/aromatic N) is 2. The van der Waals surface area contributed by atoms with Crippen LogP contribution in [0.4, 0.5) is 0 Å². The van der Waals surface area contributed by atoms with Gasteiger partial charge in [-0.25, -0.2) is 4.98 Å². The van der Waals surface area contributed by atoms with Crippen LogP contribution in [0, 0.1) is 13.8 Å². The summed E-state index contributed by atoms with van der Waals surface area (Å²) in [6.45, 7) is 4.08. The van der Waals surface area contributed by atoms with E-state index in [2.05, 4.69) is 11.1 Å². The molecule has 2 rings (SSSR count). The summed E-state index contributed by atoms with van der Waals surface area (Å²) in [5.41, 5.74) is 4.10. The summed E-state index contributed by atoms with van der Waals surface area (Å²) in [4.78, 5) is 15.1. The minimum atomic E-state index is -0.842. The van der Waals surface area contributed by atoms with Crippen molar-refractivity contribution in [2.24, 2.45) is 7.05 Å². The second kappa shape index (κ2) is 4.64. The normalized spacial score (nSPS) is 10.6. The quantitative estimate of drug-likeness (QED) is 0.901. The first-order chi connectivity index (χ1) is 8.49. The van der Waals surface area contributed by atoms with Crippen molar-refractivity contribution in [3.8, 4) is 11.4 Å². The maximum Gasteiger partial charge on any atom is 0.309 e. The lowest BCUT2D eigenvalue weighted by Crippen LogP contribution is -2.06. The highest BCUT2D eigenvalue weighted by atomic mass is 16.4. The molecule has 18 heavy (non-hydrogen) atoms. The third kappa shape index (κ3) is 2.27. The van der Waals surface area contributed by atoms with E-state index in [1.165, 1.54) is 5.56 Å². The molecule has 0 radical (unpaired) electrons. The molecule has 1 heterocycles. The maximum atomic E-state index is 10.7. The van der Waals surface area contributed by atoms with Gasteiger partial charge < -0.3 is 9.67 Å². The Bertz CT molecular complexity index is 600. The molecule has 0 atom stereocenters. The summed E-state index contributed by atoms with van der Waals surface area (Å²) < 4.78 is 1.84. The van der Waals surface area contributed by atoms with Crippen LogP contribution >= 0.6 is 0 Å². The molecule has 94 valence electrons. The van der Waals surface area contributed by atoms with Gasteiger partial charge in [0, 0.05) is 24.5 Å². The molecule has 0 aliphatic heterocycles. The van der Waals surface area contributed by atoms with Crippen LogP contribution in [-0.2, 0) is 18.3 Å². The summed E-state index contributed by atoms with van der Waals surface area (Å²) in [5, 5.41) is 8.82. The van der Waals surface area contributed by atoms with E-state index in [1.807, 2.05) is 37.6 Å². The highest BCUT2D eigenvalue weighted by Gasteiger charge is 2.12. The predicted octanol–water partition coefficient (Wildman–Crippen LogP) is 2.33. The van der Waals surface area contributed by atoms with Gasteiger partial charge in [0.1, 0.15) is 5.82 Å². The third-order valence-electron chi connectivity index (χ3n) is 3.04. The van der Waals surface area contributed by atoms with Gasteiger partial charge in [0.2, 0.25) is 0 Å². The Balaban J connectivity index is 2.45. The number of carboxylic acid groups (broad SMARTS) is 1. The molecule has 0 fully saturated rings. The maximum absolute atomic E-state index is 10.7. The fourth-order valence-corrected chi connectivity index (χ4v) is 2.08. The van der Waals surface area contributed by atoms with E-state index in [9.17, 15) is 4.79 Å². The first-order valence-corrected chi connectivity index (χ1v) is 5.79. The number of hydrogen-bond donors (Lipinski definition) is 1. The molecule has 4 heteroatoms. The average Bonchev–Trinajstić information content (AvgIpc) is 2.60. The number of aromatic nitrogens is 2. The highest BCUT2D eigenvalue weighted by molar-refractivity contribution is 5.70. The molecule has 0 aliphatic carbocycles. The zero-order valence-electron chi connectivity index (χ0n) is 10.8. The molecule has 0 spiro atoms. The fraction of sp³-hybridized carbons (Fsp3) is 0.286. The molecule has 1 N–H and O–H groups in total. The Morgan fingerprint density at radius 3 is 2.72 bits per heavy atom. The van der Waals surface area contributed by atoms with Crippen molar-refractivity contribution in [3.63, 3.8) is 0 Å². The van der Waals surface area contributed by atoms with Crippen LogP contribution in [0.15, 0.2) is 24.4 Å². The zero-order valence-corrected chi connectivity index (χ0v) is 10.8. The summed E-state index contributed by atoms with van der Waals surface area (Å²) >= 11 is 0. The Kier molecular flexibility index (Phi) is 3.19. The molecule has 0 amide bonds. The number of aryl methyl sites for hydroxylation is 2. The lowest BCUT2D eigenvalue weighted by atomic mass is 10.1. The second-order valence-electron chi connectivity index (χ2n) is 4.52. The molecule has 0 unspecified atom stereocenters. The van der Waals surface area contributed by atoms with Crippen molar-refractivity contribution in [2.45, 2.75) is 20.3 Å². The van der Waals surface area contributed by atoms with Gasteiger partial charge in [-0.3, -0.25) is 4.79 Å². The van der Waals surface area contributed by atoms with Crippen LogP contribution in [0.3, 0.4) is 0 Å². The number of carboxylic acids is 1. The minimum Gasteiger partial charge on any atom is -0.481 e. The van der Waals surface area contributed by atoms with Gasteiger partial charge in [0.15, 0.2) is 0 Å². The van der Waals surface area contributed by atoms with Crippen LogP contribution in [0.2, 0.25) is 0 Å². The number of carbonyl (C=O) groups is 1. The second-order valence-corrected chi connectivity index (χ2v) is 4.52. The van der Waals surface area contributed by atoms with Gasteiger partial charge in [-0.2, -0.15) is 0 Å². The van der Waals surface area contributed by atoms with Crippen LogP contribution < -0.4 is 0 Å². The minimum absolute atomic E-state index is 0.00555. The average molecular weight is 244 g/mol. The Hall–Kier alpha value is -2.10. The summed E-state index contributed by atoms with van der Waals surface area (Å²) in [7, 11) is 1.85. The van der Waals surface area contributed by atoms with Crippen LogP contribution in [0.25, 0.3) is 11.4 Å². The van der Waals surface area contributed by atoms with Gasteiger partial charge in [0.05, 0.1) is 6.42 Å². The van der Waals surface area contributed by atoms with Gasteiger partial charge >= 0.3 is 5.97 Å². The van der Waals surface area contributed by atoms with Crippen molar-refractivity contribution in [1.82, 2.24) is 9.55 Å². The summed E-state index contributed by atoms with van der Waals surface area (Å²) in [6, 6.07) is 6.16. The SMILES string of the molecule is Cc1ccc(-c2ncc(CC(=O)O)n2C)c(C)c1. The summed E-state index contributed by atoms with van der Waals surface area (Å²) in [6.07, 6.45) is 1.62. The van der Waals surface area contributed by atoms with E-state index in [4.69, 9.17) is 5.11 Å². The molecule has 4 nitrogen and oxygen atoms in total. The van der Waals surface area contributed by atoms with Crippen LogP contribution in [0.1, 0.15) is 16.8 Å². The van der Waals surface area contributed by atoms with Crippen molar-refractivity contribution in [3.05, 3.63) is 41.2 Å². The van der Waals surface area contributed by atoms with Gasteiger partial charge in [-0.15, -0.1) is 0 Å². The van der Waals surface area contributed by atoms with Gasteiger partial charge in [-0.1, -0.05) is 23.8 Å². The van der Waals surface area contributed by atoms with E-state index in [1.54, 1.807) is 6.20 Å².